The van der Waals surface area contributed by atoms with E-state index in [4.69, 9.17) is 14.0 Å². The molecule has 0 aliphatic rings. The molecule has 0 bridgehead atoms. The minimum absolute atomic E-state index is 0.105. The highest BCUT2D eigenvalue weighted by atomic mass is 16.5. The topological polar surface area (TPSA) is 99.4 Å². The van der Waals surface area contributed by atoms with Crippen LogP contribution >= 0.6 is 0 Å². The zero-order valence-electron chi connectivity index (χ0n) is 14.7. The molecule has 2 heterocycles. The van der Waals surface area contributed by atoms with Crippen LogP contribution in [0.4, 0.5) is 0 Å². The molecule has 0 unspecified atom stereocenters. The molecule has 3 rings (SSSR count). The molecule has 2 aromatic heterocycles. The van der Waals surface area contributed by atoms with E-state index >= 15 is 0 Å². The van der Waals surface area contributed by atoms with E-state index in [-0.39, 0.29) is 12.5 Å². The maximum Gasteiger partial charge on any atom is 0.251 e. The Bertz CT molecular complexity index is 924. The van der Waals surface area contributed by atoms with Crippen LogP contribution in [-0.4, -0.2) is 34.7 Å². The fourth-order valence-electron chi connectivity index (χ4n) is 2.28. The SMILES string of the molecule is C=CCOc1ccc(C(=O)NCc2nc(-c3ccncc3)no2)cc1OC. The van der Waals surface area contributed by atoms with E-state index in [1.165, 1.54) is 7.11 Å². The minimum atomic E-state index is -0.299. The largest absolute Gasteiger partial charge is 0.493 e. The zero-order valence-corrected chi connectivity index (χ0v) is 14.7. The molecule has 0 saturated heterocycles. The summed E-state index contributed by atoms with van der Waals surface area (Å²) in [5, 5.41) is 6.63. The third-order valence-electron chi connectivity index (χ3n) is 3.59. The summed E-state index contributed by atoms with van der Waals surface area (Å²) < 4.78 is 15.9. The maximum atomic E-state index is 12.4. The molecule has 1 amide bonds. The van der Waals surface area contributed by atoms with E-state index in [9.17, 15) is 4.79 Å². The summed E-state index contributed by atoms with van der Waals surface area (Å²) in [7, 11) is 1.51. The van der Waals surface area contributed by atoms with Gasteiger partial charge in [-0.3, -0.25) is 9.78 Å². The summed E-state index contributed by atoms with van der Waals surface area (Å²) in [4.78, 5) is 20.6. The van der Waals surface area contributed by atoms with Crippen molar-refractivity contribution < 1.29 is 18.8 Å². The summed E-state index contributed by atoms with van der Waals surface area (Å²) in [6, 6.07) is 8.47. The number of benzene rings is 1. The monoisotopic (exact) mass is 366 g/mol. The van der Waals surface area contributed by atoms with Crippen LogP contribution in [0.5, 0.6) is 11.5 Å². The predicted molar refractivity (Wildman–Crippen MR) is 97.4 cm³/mol. The molecule has 0 spiro atoms. The van der Waals surface area contributed by atoms with Gasteiger partial charge in [-0.1, -0.05) is 17.8 Å². The molecule has 0 aliphatic heterocycles. The molecule has 3 aromatic rings. The van der Waals surface area contributed by atoms with Crippen LogP contribution in [0.25, 0.3) is 11.4 Å². The van der Waals surface area contributed by atoms with Crippen molar-refractivity contribution in [2.75, 3.05) is 13.7 Å². The summed E-state index contributed by atoms with van der Waals surface area (Å²) in [6.07, 6.45) is 4.91. The first-order valence-corrected chi connectivity index (χ1v) is 8.14. The van der Waals surface area contributed by atoms with Crippen LogP contribution in [0.15, 0.2) is 59.9 Å². The number of ether oxygens (including phenoxy) is 2. The van der Waals surface area contributed by atoms with Gasteiger partial charge in [0.15, 0.2) is 11.5 Å². The molecule has 0 radical (unpaired) electrons. The number of carbonyl (C=O) groups excluding carboxylic acids is 1. The molecular weight excluding hydrogens is 348 g/mol. The number of hydrogen-bond donors (Lipinski definition) is 1. The lowest BCUT2D eigenvalue weighted by molar-refractivity contribution is 0.0946. The van der Waals surface area contributed by atoms with Gasteiger partial charge in [0.25, 0.3) is 5.91 Å². The number of amides is 1. The van der Waals surface area contributed by atoms with Crippen molar-refractivity contribution in [1.29, 1.82) is 0 Å². The van der Waals surface area contributed by atoms with Crippen LogP contribution in [0.3, 0.4) is 0 Å². The number of nitrogens with zero attached hydrogens (tertiary/aromatic N) is 3. The number of pyridine rings is 1. The smallest absolute Gasteiger partial charge is 0.251 e. The lowest BCUT2D eigenvalue weighted by atomic mass is 10.2. The van der Waals surface area contributed by atoms with Crippen molar-refractivity contribution in [3.8, 4) is 22.9 Å². The second kappa shape index (κ2) is 8.61. The normalized spacial score (nSPS) is 10.3. The summed E-state index contributed by atoms with van der Waals surface area (Å²) in [6.45, 7) is 4.05. The Morgan fingerprint density at radius 3 is 2.81 bits per heavy atom. The molecular formula is C19H18N4O4. The Labute approximate surface area is 155 Å². The Morgan fingerprint density at radius 2 is 2.07 bits per heavy atom. The Hall–Kier alpha value is -3.68. The number of hydrogen-bond acceptors (Lipinski definition) is 7. The highest BCUT2D eigenvalue weighted by Crippen LogP contribution is 2.28. The van der Waals surface area contributed by atoms with Gasteiger partial charge in [-0.25, -0.2) is 0 Å². The number of nitrogens with one attached hydrogen (secondary N) is 1. The fraction of sp³-hybridized carbons (Fsp3) is 0.158. The molecule has 1 N–H and O–H groups in total. The standard InChI is InChI=1S/C19H18N4O4/c1-3-10-26-15-5-4-14(11-16(15)25-2)19(24)21-12-17-22-18(23-27-17)13-6-8-20-9-7-13/h3-9,11H,1,10,12H2,2H3,(H,21,24). The van der Waals surface area contributed by atoms with E-state index in [0.29, 0.717) is 35.4 Å². The van der Waals surface area contributed by atoms with E-state index in [1.54, 1.807) is 48.8 Å². The molecule has 27 heavy (non-hydrogen) atoms. The first-order chi connectivity index (χ1) is 13.2. The van der Waals surface area contributed by atoms with Crippen LogP contribution in [0, 0.1) is 0 Å². The molecule has 0 saturated carbocycles. The third-order valence-corrected chi connectivity index (χ3v) is 3.59. The van der Waals surface area contributed by atoms with E-state index < -0.39 is 0 Å². The van der Waals surface area contributed by atoms with Crippen molar-refractivity contribution in [2.24, 2.45) is 0 Å². The quantitative estimate of drug-likeness (QED) is 0.612. The summed E-state index contributed by atoms with van der Waals surface area (Å²) >= 11 is 0. The van der Waals surface area contributed by atoms with Crippen LogP contribution < -0.4 is 14.8 Å². The van der Waals surface area contributed by atoms with Gasteiger partial charge in [0.05, 0.1) is 13.7 Å². The molecule has 1 aromatic carbocycles. The van der Waals surface area contributed by atoms with Crippen molar-refractivity contribution in [2.45, 2.75) is 6.54 Å². The predicted octanol–water partition coefficient (Wildman–Crippen LogP) is 2.64. The first kappa shape index (κ1) is 18.1. The van der Waals surface area contributed by atoms with Crippen molar-refractivity contribution in [1.82, 2.24) is 20.4 Å². The average molecular weight is 366 g/mol. The molecule has 0 aliphatic carbocycles. The van der Waals surface area contributed by atoms with Gasteiger partial charge in [-0.2, -0.15) is 4.98 Å². The van der Waals surface area contributed by atoms with Gasteiger partial charge >= 0.3 is 0 Å². The number of methoxy groups -OCH3 is 1. The van der Waals surface area contributed by atoms with E-state index in [0.717, 1.165) is 5.56 Å². The maximum absolute atomic E-state index is 12.4. The fourth-order valence-corrected chi connectivity index (χ4v) is 2.28. The van der Waals surface area contributed by atoms with Gasteiger partial charge in [-0.15, -0.1) is 0 Å². The van der Waals surface area contributed by atoms with E-state index in [2.05, 4.69) is 27.0 Å². The average Bonchev–Trinajstić information content (AvgIpc) is 3.20. The van der Waals surface area contributed by atoms with Crippen LogP contribution in [0.1, 0.15) is 16.2 Å². The Balaban J connectivity index is 1.64. The van der Waals surface area contributed by atoms with Gasteiger partial charge in [-0.05, 0) is 30.3 Å². The summed E-state index contributed by atoms with van der Waals surface area (Å²) in [5.74, 6) is 1.43. The Morgan fingerprint density at radius 1 is 1.26 bits per heavy atom. The van der Waals surface area contributed by atoms with Crippen molar-refractivity contribution >= 4 is 5.91 Å². The van der Waals surface area contributed by atoms with Crippen molar-refractivity contribution in [3.63, 3.8) is 0 Å². The van der Waals surface area contributed by atoms with Gasteiger partial charge < -0.3 is 19.3 Å². The van der Waals surface area contributed by atoms with Gasteiger partial charge in [0.2, 0.25) is 11.7 Å². The number of aromatic nitrogens is 3. The molecule has 8 heteroatoms. The first-order valence-electron chi connectivity index (χ1n) is 8.14. The summed E-state index contributed by atoms with van der Waals surface area (Å²) in [5.41, 5.74) is 1.21. The lowest BCUT2D eigenvalue weighted by Crippen LogP contribution is -2.23. The molecule has 0 fully saturated rings. The second-order valence-electron chi connectivity index (χ2n) is 5.40. The number of carbonyl (C=O) groups is 1. The molecule has 8 nitrogen and oxygen atoms in total. The van der Waals surface area contributed by atoms with Gasteiger partial charge in [0, 0.05) is 23.5 Å². The molecule has 138 valence electrons. The lowest BCUT2D eigenvalue weighted by Gasteiger charge is -2.10. The highest BCUT2D eigenvalue weighted by molar-refractivity contribution is 5.94. The zero-order chi connectivity index (χ0) is 19.1. The second-order valence-corrected chi connectivity index (χ2v) is 5.40. The molecule has 0 atom stereocenters. The van der Waals surface area contributed by atoms with Crippen molar-refractivity contribution in [3.05, 3.63) is 66.8 Å². The third kappa shape index (κ3) is 4.49. The van der Waals surface area contributed by atoms with Gasteiger partial charge in [0.1, 0.15) is 6.61 Å². The number of rotatable bonds is 8. The Kier molecular flexibility index (Phi) is 5.78. The van der Waals surface area contributed by atoms with Crippen LogP contribution in [0.2, 0.25) is 0 Å². The highest BCUT2D eigenvalue weighted by Gasteiger charge is 2.13. The minimum Gasteiger partial charge on any atom is -0.493 e. The van der Waals surface area contributed by atoms with Crippen LogP contribution in [-0.2, 0) is 6.54 Å². The van der Waals surface area contributed by atoms with E-state index in [1.807, 2.05) is 0 Å².